The summed E-state index contributed by atoms with van der Waals surface area (Å²) in [6.45, 7) is 4.89. The van der Waals surface area contributed by atoms with E-state index in [2.05, 4.69) is 27.9 Å². The van der Waals surface area contributed by atoms with E-state index in [4.69, 9.17) is 0 Å². The van der Waals surface area contributed by atoms with E-state index in [-0.39, 0.29) is 11.7 Å². The lowest BCUT2D eigenvalue weighted by atomic mass is 9.96. The fourth-order valence-electron chi connectivity index (χ4n) is 4.66. The molecule has 0 bridgehead atoms. The van der Waals surface area contributed by atoms with E-state index in [1.807, 2.05) is 50.2 Å². The van der Waals surface area contributed by atoms with Crippen molar-refractivity contribution in [2.75, 3.05) is 11.9 Å². The van der Waals surface area contributed by atoms with Gasteiger partial charge in [-0.1, -0.05) is 61.0 Å². The molecule has 1 amide bonds. The van der Waals surface area contributed by atoms with Crippen molar-refractivity contribution in [1.82, 2.24) is 15.1 Å². The van der Waals surface area contributed by atoms with Gasteiger partial charge in [0.1, 0.15) is 5.69 Å². The van der Waals surface area contributed by atoms with E-state index in [1.54, 1.807) is 24.3 Å². The van der Waals surface area contributed by atoms with Crippen LogP contribution in [0.3, 0.4) is 0 Å². The molecule has 1 unspecified atom stereocenters. The molecule has 5 nitrogen and oxygen atoms in total. The van der Waals surface area contributed by atoms with Crippen LogP contribution in [0.2, 0.25) is 0 Å². The van der Waals surface area contributed by atoms with E-state index < -0.39 is 17.8 Å². The van der Waals surface area contributed by atoms with Crippen LogP contribution < -0.4 is 10.6 Å². The number of rotatable bonds is 9. The minimum Gasteiger partial charge on any atom is -0.321 e. The molecule has 1 aromatic heterocycles. The number of hydrogen-bond acceptors (Lipinski definition) is 3. The molecule has 0 aliphatic heterocycles. The highest BCUT2D eigenvalue weighted by atomic mass is 19.4. The van der Waals surface area contributed by atoms with Gasteiger partial charge < -0.3 is 10.6 Å². The number of halogens is 3. The third kappa shape index (κ3) is 6.40. The maximum atomic E-state index is 13.6. The van der Waals surface area contributed by atoms with Gasteiger partial charge in [0.05, 0.1) is 11.7 Å². The van der Waals surface area contributed by atoms with Crippen molar-refractivity contribution in [2.45, 2.75) is 45.3 Å². The number of nitrogens with one attached hydrogen (secondary N) is 2. The normalized spacial score (nSPS) is 14.3. The number of carbonyl (C=O) groups is 1. The molecule has 5 rings (SSSR count). The molecule has 8 heteroatoms. The van der Waals surface area contributed by atoms with E-state index >= 15 is 0 Å². The lowest BCUT2D eigenvalue weighted by Crippen LogP contribution is -2.25. The maximum absolute atomic E-state index is 13.6. The highest BCUT2D eigenvalue weighted by molar-refractivity contribution is 6.03. The number of aryl methyl sites for hydroxylation is 2. The minimum absolute atomic E-state index is 0.0819. The molecule has 0 radical (unpaired) electrons. The maximum Gasteiger partial charge on any atom is 0.435 e. The van der Waals surface area contributed by atoms with Crippen LogP contribution in [0.1, 0.15) is 64.2 Å². The molecule has 2 N–H and O–H groups in total. The first-order valence-electron chi connectivity index (χ1n) is 13.2. The molecule has 0 spiro atoms. The molecule has 4 aromatic rings. The van der Waals surface area contributed by atoms with Gasteiger partial charge in [-0.15, -0.1) is 0 Å². The van der Waals surface area contributed by atoms with Crippen LogP contribution in [0, 0.1) is 12.8 Å². The van der Waals surface area contributed by atoms with E-state index in [0.29, 0.717) is 23.7 Å². The summed E-state index contributed by atoms with van der Waals surface area (Å²) in [7, 11) is 0. The Hall–Kier alpha value is -3.91. The Morgan fingerprint density at radius 2 is 1.72 bits per heavy atom. The number of nitrogens with zero attached hydrogens (tertiary/aromatic N) is 2. The minimum atomic E-state index is -4.68. The van der Waals surface area contributed by atoms with Gasteiger partial charge in [-0.25, -0.2) is 4.68 Å². The van der Waals surface area contributed by atoms with Gasteiger partial charge in [0, 0.05) is 11.8 Å². The molecule has 1 aliphatic carbocycles. The predicted molar refractivity (Wildman–Crippen MR) is 146 cm³/mol. The van der Waals surface area contributed by atoms with Gasteiger partial charge in [-0.2, -0.15) is 18.3 Å². The first-order chi connectivity index (χ1) is 18.7. The van der Waals surface area contributed by atoms with Gasteiger partial charge in [-0.05, 0) is 79.6 Å². The number of carbonyl (C=O) groups excluding carboxylic acids is 1. The Labute approximate surface area is 226 Å². The molecule has 1 saturated carbocycles. The first-order valence-corrected chi connectivity index (χ1v) is 13.2. The summed E-state index contributed by atoms with van der Waals surface area (Å²) < 4.78 is 41.8. The van der Waals surface area contributed by atoms with E-state index in [1.165, 1.54) is 12.8 Å². The van der Waals surface area contributed by atoms with Crippen LogP contribution in [0.15, 0.2) is 78.9 Å². The van der Waals surface area contributed by atoms with Gasteiger partial charge in [-0.3, -0.25) is 4.79 Å². The Bertz CT molecular complexity index is 1470. The van der Waals surface area contributed by atoms with Crippen molar-refractivity contribution in [3.63, 3.8) is 0 Å². The quantitative estimate of drug-likeness (QED) is 0.242. The first kappa shape index (κ1) is 26.7. The van der Waals surface area contributed by atoms with Gasteiger partial charge in [0.25, 0.3) is 5.91 Å². The number of amides is 1. The summed E-state index contributed by atoms with van der Waals surface area (Å²) in [4.78, 5) is 13.4. The average Bonchev–Trinajstić information content (AvgIpc) is 3.62. The van der Waals surface area contributed by atoms with Crippen LogP contribution in [0.4, 0.5) is 18.9 Å². The molecule has 1 atom stereocenters. The zero-order valence-corrected chi connectivity index (χ0v) is 21.9. The monoisotopic (exact) mass is 532 g/mol. The zero-order valence-electron chi connectivity index (χ0n) is 21.9. The van der Waals surface area contributed by atoms with Crippen LogP contribution in [0.5, 0.6) is 0 Å². The number of aromatic nitrogens is 2. The second-order valence-corrected chi connectivity index (χ2v) is 10.1. The highest BCUT2D eigenvalue weighted by Gasteiger charge is 2.36. The second-order valence-electron chi connectivity index (χ2n) is 10.1. The standard InChI is InChI=1S/C31H31F3N4O/c1-3-21-8-5-12-26(16-21)38-27(18-28(37-38)31(32,33)34)30(39)36-25-11-6-10-24(17-25)29(35-19-22-13-14-22)23-9-4-7-20(2)15-23/h4-12,15-18,22,29,35H,3,13-14,19H2,1-2H3,(H,36,39). The highest BCUT2D eigenvalue weighted by Crippen LogP contribution is 2.32. The smallest absolute Gasteiger partial charge is 0.321 e. The predicted octanol–water partition coefficient (Wildman–Crippen LogP) is 7.10. The number of hydrogen-bond donors (Lipinski definition) is 2. The van der Waals surface area contributed by atoms with Crippen molar-refractivity contribution in [2.24, 2.45) is 5.92 Å². The second kappa shape index (κ2) is 11.1. The summed E-state index contributed by atoms with van der Waals surface area (Å²) in [5.74, 6) is 0.00428. The summed E-state index contributed by atoms with van der Waals surface area (Å²) in [5.41, 5.74) is 3.73. The molecule has 39 heavy (non-hydrogen) atoms. The summed E-state index contributed by atoms with van der Waals surface area (Å²) in [5, 5.41) is 10.2. The van der Waals surface area contributed by atoms with Crippen molar-refractivity contribution in [1.29, 1.82) is 0 Å². The van der Waals surface area contributed by atoms with Crippen molar-refractivity contribution < 1.29 is 18.0 Å². The molecule has 1 aliphatic rings. The Kier molecular flexibility index (Phi) is 7.57. The van der Waals surface area contributed by atoms with E-state index in [9.17, 15) is 18.0 Å². The molecule has 202 valence electrons. The molecule has 0 saturated heterocycles. The third-order valence-corrected chi connectivity index (χ3v) is 6.96. The van der Waals surface area contributed by atoms with Gasteiger partial charge >= 0.3 is 6.18 Å². The van der Waals surface area contributed by atoms with Gasteiger partial charge in [0.2, 0.25) is 0 Å². The van der Waals surface area contributed by atoms with Crippen molar-refractivity contribution >= 4 is 11.6 Å². The summed E-state index contributed by atoms with van der Waals surface area (Å²) >= 11 is 0. The van der Waals surface area contributed by atoms with Crippen molar-refractivity contribution in [3.05, 3.63) is 113 Å². The van der Waals surface area contributed by atoms with Crippen LogP contribution in [0.25, 0.3) is 5.69 Å². The summed E-state index contributed by atoms with van der Waals surface area (Å²) in [6.07, 6.45) is -1.54. The van der Waals surface area contributed by atoms with Crippen LogP contribution >= 0.6 is 0 Å². The molecule has 1 fully saturated rings. The Morgan fingerprint density at radius 3 is 2.41 bits per heavy atom. The summed E-state index contributed by atoms with van der Waals surface area (Å²) in [6, 6.07) is 23.4. The number of anilines is 1. The fourth-order valence-corrected chi connectivity index (χ4v) is 4.66. The lowest BCUT2D eigenvalue weighted by molar-refractivity contribution is -0.141. The lowest BCUT2D eigenvalue weighted by Gasteiger charge is -2.21. The third-order valence-electron chi connectivity index (χ3n) is 6.96. The zero-order chi connectivity index (χ0) is 27.6. The molecular weight excluding hydrogens is 501 g/mol. The SMILES string of the molecule is CCc1cccc(-n2nc(C(F)(F)F)cc2C(=O)Nc2cccc(C(NCC3CC3)c3cccc(C)c3)c2)c1. The number of benzene rings is 3. The van der Waals surface area contributed by atoms with Crippen LogP contribution in [-0.4, -0.2) is 22.2 Å². The molecular formula is C31H31F3N4O. The van der Waals surface area contributed by atoms with Crippen LogP contribution in [-0.2, 0) is 12.6 Å². The average molecular weight is 533 g/mol. The molecule has 1 heterocycles. The fraction of sp³-hybridized carbons (Fsp3) is 0.290. The molecule has 3 aromatic carbocycles. The number of alkyl halides is 3. The van der Waals surface area contributed by atoms with Crippen molar-refractivity contribution in [3.8, 4) is 5.69 Å². The van der Waals surface area contributed by atoms with E-state index in [0.717, 1.165) is 39.5 Å². The largest absolute Gasteiger partial charge is 0.435 e. The Balaban J connectivity index is 1.45. The topological polar surface area (TPSA) is 59.0 Å². The van der Waals surface area contributed by atoms with Gasteiger partial charge in [0.15, 0.2) is 5.69 Å². The Morgan fingerprint density at radius 1 is 1.00 bits per heavy atom.